The Labute approximate surface area is 138 Å². The van der Waals surface area contributed by atoms with Crippen LogP contribution < -0.4 is 4.74 Å². The van der Waals surface area contributed by atoms with Gasteiger partial charge in [-0.3, -0.25) is 9.69 Å². The average Bonchev–Trinajstić information content (AvgIpc) is 2.47. The molecule has 5 heteroatoms. The molecule has 1 fully saturated rings. The molecule has 1 aromatic carbocycles. The zero-order valence-electron chi connectivity index (χ0n) is 13.9. The average molecular weight is 325 g/mol. The third-order valence-corrected chi connectivity index (χ3v) is 4.77. The van der Waals surface area contributed by atoms with Gasteiger partial charge in [0.15, 0.2) is 5.78 Å². The van der Waals surface area contributed by atoms with Gasteiger partial charge in [0.25, 0.3) is 0 Å². The molecule has 0 unspecified atom stereocenters. The molecule has 22 heavy (non-hydrogen) atoms. The molecule has 0 radical (unpaired) electrons. The number of carbonyl (C=O) groups excluding carboxylic acids is 1. The van der Waals surface area contributed by atoms with Crippen molar-refractivity contribution in [1.29, 1.82) is 0 Å². The zero-order chi connectivity index (χ0) is 16.3. The highest BCUT2D eigenvalue weighted by atomic mass is 35.5. The zero-order valence-corrected chi connectivity index (χ0v) is 14.7. The van der Waals surface area contributed by atoms with Crippen LogP contribution in [-0.2, 0) is 0 Å². The number of piperazine rings is 1. The molecule has 1 heterocycles. The van der Waals surface area contributed by atoms with Crippen molar-refractivity contribution in [3.05, 3.63) is 27.8 Å². The fourth-order valence-electron chi connectivity index (χ4n) is 2.83. The summed E-state index contributed by atoms with van der Waals surface area (Å²) < 4.78 is 5.67. The minimum atomic E-state index is 0.0902. The first-order valence-electron chi connectivity index (χ1n) is 7.80. The molecule has 1 saturated heterocycles. The number of ketones is 1. The van der Waals surface area contributed by atoms with Crippen LogP contribution in [0.25, 0.3) is 0 Å². The number of carbonyl (C=O) groups is 1. The van der Waals surface area contributed by atoms with Crippen LogP contribution >= 0.6 is 11.6 Å². The summed E-state index contributed by atoms with van der Waals surface area (Å²) in [7, 11) is 2.11. The number of likely N-dealkylation sites (N-methyl/N-ethyl adjacent to an activating group) is 1. The van der Waals surface area contributed by atoms with Gasteiger partial charge in [-0.05, 0) is 45.0 Å². The quantitative estimate of drug-likeness (QED) is 0.780. The van der Waals surface area contributed by atoms with Gasteiger partial charge in [0.1, 0.15) is 5.75 Å². The van der Waals surface area contributed by atoms with Crippen LogP contribution in [0.3, 0.4) is 0 Å². The molecule has 1 aromatic rings. The Kier molecular flexibility index (Phi) is 5.84. The lowest BCUT2D eigenvalue weighted by atomic mass is 10.00. The number of benzene rings is 1. The number of nitrogens with zero attached hydrogens (tertiary/aromatic N) is 2. The summed E-state index contributed by atoms with van der Waals surface area (Å²) in [6.07, 6.45) is 0. The molecule has 0 aromatic heterocycles. The molecule has 0 bridgehead atoms. The van der Waals surface area contributed by atoms with Crippen LogP contribution in [0, 0.1) is 13.8 Å². The summed E-state index contributed by atoms with van der Waals surface area (Å²) in [4.78, 5) is 17.3. The van der Waals surface area contributed by atoms with Gasteiger partial charge in [0.05, 0.1) is 18.7 Å². The molecule has 0 aliphatic carbocycles. The molecule has 0 saturated carbocycles. The van der Waals surface area contributed by atoms with E-state index in [1.165, 1.54) is 0 Å². The van der Waals surface area contributed by atoms with Crippen molar-refractivity contribution in [3.8, 4) is 5.75 Å². The summed E-state index contributed by atoms with van der Waals surface area (Å²) in [6, 6.07) is 1.87. The molecule has 1 aliphatic heterocycles. The van der Waals surface area contributed by atoms with Crippen LogP contribution in [0.2, 0.25) is 5.02 Å². The molecular weight excluding hydrogens is 300 g/mol. The van der Waals surface area contributed by atoms with Crippen LogP contribution in [0.5, 0.6) is 5.75 Å². The Bertz CT molecular complexity index is 552. The highest BCUT2D eigenvalue weighted by molar-refractivity contribution is 6.32. The molecular formula is C17H25ClN2O2. The van der Waals surface area contributed by atoms with E-state index in [1.54, 1.807) is 0 Å². The number of hydrogen-bond acceptors (Lipinski definition) is 4. The van der Waals surface area contributed by atoms with Gasteiger partial charge in [-0.15, -0.1) is 0 Å². The molecule has 1 aliphatic rings. The fourth-order valence-corrected chi connectivity index (χ4v) is 2.98. The second-order valence-electron chi connectivity index (χ2n) is 5.94. The maximum atomic E-state index is 12.8. The van der Waals surface area contributed by atoms with Crippen molar-refractivity contribution >= 4 is 17.4 Å². The topological polar surface area (TPSA) is 32.8 Å². The highest BCUT2D eigenvalue weighted by Crippen LogP contribution is 2.32. The van der Waals surface area contributed by atoms with Gasteiger partial charge < -0.3 is 9.64 Å². The van der Waals surface area contributed by atoms with E-state index < -0.39 is 0 Å². The largest absolute Gasteiger partial charge is 0.493 e. The molecule has 0 atom stereocenters. The number of halogens is 1. The standard InChI is InChI=1S/C17H25ClN2O2/c1-5-22-15-10-12(2)17(18)13(3)16(15)14(21)11-20-8-6-19(4)7-9-20/h10H,5-9,11H2,1-4H3. The number of ether oxygens (including phenoxy) is 1. The second kappa shape index (κ2) is 7.44. The number of aryl methyl sites for hydroxylation is 1. The third-order valence-electron chi connectivity index (χ3n) is 4.19. The van der Waals surface area contributed by atoms with Crippen LogP contribution in [0.15, 0.2) is 6.07 Å². The van der Waals surface area contributed by atoms with Crippen LogP contribution in [0.4, 0.5) is 0 Å². The smallest absolute Gasteiger partial charge is 0.180 e. The van der Waals surface area contributed by atoms with E-state index in [-0.39, 0.29) is 5.78 Å². The Hall–Kier alpha value is -1.10. The SMILES string of the molecule is CCOc1cc(C)c(Cl)c(C)c1C(=O)CN1CCN(C)CC1. The van der Waals surface area contributed by atoms with E-state index in [9.17, 15) is 4.79 Å². The van der Waals surface area contributed by atoms with Crippen molar-refractivity contribution in [2.45, 2.75) is 20.8 Å². The molecule has 0 spiro atoms. The lowest BCUT2D eigenvalue weighted by molar-refractivity contribution is 0.0872. The summed E-state index contributed by atoms with van der Waals surface area (Å²) in [5.41, 5.74) is 2.40. The lowest BCUT2D eigenvalue weighted by Gasteiger charge is -2.32. The first kappa shape index (κ1) is 17.3. The maximum Gasteiger partial charge on any atom is 0.180 e. The summed E-state index contributed by atoms with van der Waals surface area (Å²) in [5, 5.41) is 0.658. The Balaban J connectivity index is 2.22. The Morgan fingerprint density at radius 3 is 2.50 bits per heavy atom. The number of Topliss-reactive ketones (excluding diaryl/α,β-unsaturated/α-hetero) is 1. The van der Waals surface area contributed by atoms with Gasteiger partial charge in [0, 0.05) is 31.2 Å². The summed E-state index contributed by atoms with van der Waals surface area (Å²) >= 11 is 6.33. The predicted molar refractivity (Wildman–Crippen MR) is 90.4 cm³/mol. The van der Waals surface area contributed by atoms with Crippen molar-refractivity contribution < 1.29 is 9.53 Å². The minimum Gasteiger partial charge on any atom is -0.493 e. The van der Waals surface area contributed by atoms with Gasteiger partial charge in [-0.25, -0.2) is 0 Å². The lowest BCUT2D eigenvalue weighted by Crippen LogP contribution is -2.46. The third kappa shape index (κ3) is 3.80. The highest BCUT2D eigenvalue weighted by Gasteiger charge is 2.23. The van der Waals surface area contributed by atoms with Crippen molar-refractivity contribution in [2.75, 3.05) is 46.4 Å². The van der Waals surface area contributed by atoms with Crippen molar-refractivity contribution in [1.82, 2.24) is 9.80 Å². The molecule has 0 amide bonds. The van der Waals surface area contributed by atoms with E-state index >= 15 is 0 Å². The summed E-state index contributed by atoms with van der Waals surface area (Å²) in [6.45, 7) is 10.6. The van der Waals surface area contributed by atoms with E-state index in [0.29, 0.717) is 29.5 Å². The van der Waals surface area contributed by atoms with Crippen molar-refractivity contribution in [2.24, 2.45) is 0 Å². The molecule has 4 nitrogen and oxygen atoms in total. The molecule has 122 valence electrons. The maximum absolute atomic E-state index is 12.8. The number of rotatable bonds is 5. The minimum absolute atomic E-state index is 0.0902. The van der Waals surface area contributed by atoms with Gasteiger partial charge in [-0.1, -0.05) is 11.6 Å². The van der Waals surface area contributed by atoms with Gasteiger partial charge in [0.2, 0.25) is 0 Å². The normalized spacial score (nSPS) is 16.8. The molecule has 0 N–H and O–H groups in total. The fraction of sp³-hybridized carbons (Fsp3) is 0.588. The summed E-state index contributed by atoms with van der Waals surface area (Å²) in [5.74, 6) is 0.744. The first-order chi connectivity index (χ1) is 10.4. The van der Waals surface area contributed by atoms with E-state index in [4.69, 9.17) is 16.3 Å². The predicted octanol–water partition coefficient (Wildman–Crippen LogP) is 2.79. The second-order valence-corrected chi connectivity index (χ2v) is 6.32. The van der Waals surface area contributed by atoms with Crippen molar-refractivity contribution in [3.63, 3.8) is 0 Å². The number of hydrogen-bond donors (Lipinski definition) is 0. The Morgan fingerprint density at radius 1 is 1.27 bits per heavy atom. The van der Waals surface area contributed by atoms with E-state index in [2.05, 4.69) is 16.8 Å². The van der Waals surface area contributed by atoms with Gasteiger partial charge >= 0.3 is 0 Å². The molecule has 2 rings (SSSR count). The Morgan fingerprint density at radius 2 is 1.91 bits per heavy atom. The van der Waals surface area contributed by atoms with Gasteiger partial charge in [-0.2, -0.15) is 0 Å². The van der Waals surface area contributed by atoms with Crippen LogP contribution in [-0.4, -0.2) is 62.0 Å². The van der Waals surface area contributed by atoms with E-state index in [1.807, 2.05) is 26.8 Å². The monoisotopic (exact) mass is 324 g/mol. The van der Waals surface area contributed by atoms with E-state index in [0.717, 1.165) is 37.3 Å². The first-order valence-corrected chi connectivity index (χ1v) is 8.18. The van der Waals surface area contributed by atoms with Crippen LogP contribution in [0.1, 0.15) is 28.4 Å².